The van der Waals surface area contributed by atoms with Crippen LogP contribution in [0.2, 0.25) is 5.02 Å². The zero-order valence-corrected chi connectivity index (χ0v) is 6.79. The van der Waals surface area contributed by atoms with E-state index in [4.69, 9.17) is 11.6 Å². The van der Waals surface area contributed by atoms with Crippen molar-refractivity contribution in [3.8, 4) is 0 Å². The van der Waals surface area contributed by atoms with Crippen LogP contribution < -0.4 is 5.63 Å². The van der Waals surface area contributed by atoms with E-state index in [2.05, 4.69) is 4.42 Å². The zero-order valence-electron chi connectivity index (χ0n) is 6.04. The Kier molecular flexibility index (Phi) is 2.14. The lowest BCUT2D eigenvalue weighted by Gasteiger charge is -1.93. The highest BCUT2D eigenvalue weighted by Crippen LogP contribution is 2.19. The molecule has 0 fully saturated rings. The molecular formula is C6H4ClNO4. The van der Waals surface area contributed by atoms with Gasteiger partial charge in [0.1, 0.15) is 10.8 Å². The molecule has 0 unspecified atom stereocenters. The molecule has 0 aliphatic carbocycles. The van der Waals surface area contributed by atoms with Gasteiger partial charge >= 0.3 is 11.3 Å². The maximum Gasteiger partial charge on any atom is 0.416 e. The van der Waals surface area contributed by atoms with E-state index in [-0.39, 0.29) is 10.8 Å². The Bertz CT molecular complexity index is 384. The lowest BCUT2D eigenvalue weighted by atomic mass is 10.4. The molecule has 64 valence electrons. The molecule has 1 aromatic rings. The predicted octanol–water partition coefficient (Wildman–Crippen LogP) is 1.51. The lowest BCUT2D eigenvalue weighted by molar-refractivity contribution is -0.387. The van der Waals surface area contributed by atoms with Gasteiger partial charge in [-0.25, -0.2) is 4.79 Å². The number of aryl methyl sites for hydroxylation is 1. The van der Waals surface area contributed by atoms with Crippen LogP contribution >= 0.6 is 11.6 Å². The molecule has 5 nitrogen and oxygen atoms in total. The third-order valence-electron chi connectivity index (χ3n) is 1.19. The standard InChI is InChI=1S/C6H4ClNO4/c1-3-2-4(7)5(8(10)11)6(9)12-3/h2H,1H3. The van der Waals surface area contributed by atoms with E-state index in [9.17, 15) is 14.9 Å². The first-order valence-electron chi connectivity index (χ1n) is 2.97. The molecular weight excluding hydrogens is 186 g/mol. The molecule has 0 radical (unpaired) electrons. The van der Waals surface area contributed by atoms with Crippen LogP contribution in [0.25, 0.3) is 0 Å². The average Bonchev–Trinajstić information content (AvgIpc) is 1.82. The lowest BCUT2D eigenvalue weighted by Crippen LogP contribution is -2.07. The van der Waals surface area contributed by atoms with Crippen LogP contribution in [0.4, 0.5) is 5.69 Å². The van der Waals surface area contributed by atoms with E-state index in [0.717, 1.165) is 0 Å². The molecule has 0 saturated carbocycles. The van der Waals surface area contributed by atoms with Crippen LogP contribution in [0, 0.1) is 17.0 Å². The second kappa shape index (κ2) is 2.94. The van der Waals surface area contributed by atoms with Crippen LogP contribution in [0.1, 0.15) is 5.76 Å². The molecule has 0 saturated heterocycles. The smallest absolute Gasteiger partial charge is 0.416 e. The molecule has 0 amide bonds. The number of nitrogens with zero attached hydrogens (tertiary/aromatic N) is 1. The summed E-state index contributed by atoms with van der Waals surface area (Å²) >= 11 is 5.43. The predicted molar refractivity (Wildman–Crippen MR) is 41.4 cm³/mol. The molecule has 6 heteroatoms. The first-order valence-corrected chi connectivity index (χ1v) is 3.35. The Labute approximate surface area is 71.7 Å². The van der Waals surface area contributed by atoms with Crippen LogP contribution in [0.15, 0.2) is 15.3 Å². The number of halogens is 1. The summed E-state index contributed by atoms with van der Waals surface area (Å²) in [5.41, 5.74) is -1.74. The van der Waals surface area contributed by atoms with Crippen LogP contribution in [-0.4, -0.2) is 4.92 Å². The second-order valence-electron chi connectivity index (χ2n) is 2.10. The third-order valence-corrected chi connectivity index (χ3v) is 1.47. The first kappa shape index (κ1) is 8.73. The highest BCUT2D eigenvalue weighted by molar-refractivity contribution is 6.32. The van der Waals surface area contributed by atoms with Crippen molar-refractivity contribution in [2.75, 3.05) is 0 Å². The molecule has 0 atom stereocenters. The quantitative estimate of drug-likeness (QED) is 0.496. The molecule has 1 heterocycles. The van der Waals surface area contributed by atoms with Gasteiger partial charge in [0, 0.05) is 6.07 Å². The van der Waals surface area contributed by atoms with Gasteiger partial charge < -0.3 is 4.42 Å². The molecule has 0 aliphatic rings. The zero-order chi connectivity index (χ0) is 9.30. The molecule has 1 aromatic heterocycles. The fraction of sp³-hybridized carbons (Fsp3) is 0.167. The van der Waals surface area contributed by atoms with Crippen molar-refractivity contribution in [1.82, 2.24) is 0 Å². The minimum atomic E-state index is -1.02. The van der Waals surface area contributed by atoms with Crippen molar-refractivity contribution < 1.29 is 9.34 Å². The Hall–Kier alpha value is -1.36. The molecule has 0 bridgehead atoms. The van der Waals surface area contributed by atoms with E-state index >= 15 is 0 Å². The van der Waals surface area contributed by atoms with Crippen LogP contribution in [-0.2, 0) is 0 Å². The van der Waals surface area contributed by atoms with Crippen molar-refractivity contribution >= 4 is 17.3 Å². The summed E-state index contributed by atoms with van der Waals surface area (Å²) in [6.45, 7) is 1.48. The van der Waals surface area contributed by atoms with Gasteiger partial charge in [-0.2, -0.15) is 0 Å². The van der Waals surface area contributed by atoms with Gasteiger partial charge in [0.15, 0.2) is 0 Å². The number of hydrogen-bond acceptors (Lipinski definition) is 4. The summed E-state index contributed by atoms with van der Waals surface area (Å²) in [5, 5.41) is 10.0. The summed E-state index contributed by atoms with van der Waals surface area (Å²) < 4.78 is 4.47. The summed E-state index contributed by atoms with van der Waals surface area (Å²) in [6.07, 6.45) is 0. The summed E-state index contributed by atoms with van der Waals surface area (Å²) in [4.78, 5) is 20.2. The van der Waals surface area contributed by atoms with E-state index in [0.29, 0.717) is 0 Å². The molecule has 0 spiro atoms. The highest BCUT2D eigenvalue weighted by Gasteiger charge is 2.19. The normalized spacial score (nSPS) is 9.83. The molecule has 0 aromatic carbocycles. The topological polar surface area (TPSA) is 73.3 Å². The Morgan fingerprint density at radius 1 is 1.67 bits per heavy atom. The van der Waals surface area contributed by atoms with Gasteiger partial charge in [-0.15, -0.1) is 0 Å². The molecule has 0 N–H and O–H groups in total. The van der Waals surface area contributed by atoms with Gasteiger partial charge in [0.25, 0.3) is 0 Å². The van der Waals surface area contributed by atoms with Gasteiger partial charge in [-0.05, 0) is 6.92 Å². The second-order valence-corrected chi connectivity index (χ2v) is 2.51. The maximum absolute atomic E-state index is 10.8. The number of nitro groups is 1. The first-order chi connectivity index (χ1) is 5.52. The van der Waals surface area contributed by atoms with Gasteiger partial charge in [-0.1, -0.05) is 11.6 Å². The van der Waals surface area contributed by atoms with E-state index < -0.39 is 16.2 Å². The molecule has 1 rings (SSSR count). The minimum Gasteiger partial charge on any atom is -0.423 e. The largest absolute Gasteiger partial charge is 0.423 e. The Morgan fingerprint density at radius 2 is 2.25 bits per heavy atom. The summed E-state index contributed by atoms with van der Waals surface area (Å²) in [6, 6.07) is 1.22. The van der Waals surface area contributed by atoms with Crippen molar-refractivity contribution in [2.45, 2.75) is 6.92 Å². The van der Waals surface area contributed by atoms with Gasteiger partial charge in [-0.3, -0.25) is 10.1 Å². The fourth-order valence-corrected chi connectivity index (χ4v) is 1.03. The fourth-order valence-electron chi connectivity index (χ4n) is 0.730. The van der Waals surface area contributed by atoms with Crippen LogP contribution in [0.5, 0.6) is 0 Å². The van der Waals surface area contributed by atoms with Crippen molar-refractivity contribution in [3.05, 3.63) is 37.4 Å². The third kappa shape index (κ3) is 1.45. The van der Waals surface area contributed by atoms with Crippen molar-refractivity contribution in [3.63, 3.8) is 0 Å². The van der Waals surface area contributed by atoms with Crippen molar-refractivity contribution in [2.24, 2.45) is 0 Å². The Morgan fingerprint density at radius 3 is 2.67 bits per heavy atom. The molecule has 0 aliphatic heterocycles. The van der Waals surface area contributed by atoms with E-state index in [1.54, 1.807) is 0 Å². The number of rotatable bonds is 1. The van der Waals surface area contributed by atoms with E-state index in [1.807, 2.05) is 0 Å². The molecule has 12 heavy (non-hydrogen) atoms. The van der Waals surface area contributed by atoms with Gasteiger partial charge in [0.2, 0.25) is 0 Å². The summed E-state index contributed by atoms with van der Waals surface area (Å²) in [5.74, 6) is 0.246. The summed E-state index contributed by atoms with van der Waals surface area (Å²) in [7, 11) is 0. The monoisotopic (exact) mass is 189 g/mol. The Balaban J connectivity index is 3.49. The van der Waals surface area contributed by atoms with Crippen molar-refractivity contribution in [1.29, 1.82) is 0 Å². The average molecular weight is 190 g/mol. The highest BCUT2D eigenvalue weighted by atomic mass is 35.5. The van der Waals surface area contributed by atoms with Crippen LogP contribution in [0.3, 0.4) is 0 Å². The SMILES string of the molecule is Cc1cc(Cl)c([N+](=O)[O-])c(=O)o1. The van der Waals surface area contributed by atoms with E-state index in [1.165, 1.54) is 13.0 Å². The minimum absolute atomic E-state index is 0.200. The maximum atomic E-state index is 10.8. The van der Waals surface area contributed by atoms with Gasteiger partial charge in [0.05, 0.1) is 4.92 Å². The number of hydrogen-bond donors (Lipinski definition) is 0.